The van der Waals surface area contributed by atoms with Gasteiger partial charge >= 0.3 is 0 Å². The van der Waals surface area contributed by atoms with Gasteiger partial charge in [-0.1, -0.05) is 74.5 Å². The summed E-state index contributed by atoms with van der Waals surface area (Å²) in [6.07, 6.45) is 5.59. The second kappa shape index (κ2) is 9.88. The minimum absolute atomic E-state index is 0.0655. The maximum Gasteiger partial charge on any atom is 0.276 e. The Balaban J connectivity index is 1.53. The molecule has 4 atom stereocenters. The summed E-state index contributed by atoms with van der Waals surface area (Å²) < 4.78 is 6.13. The average molecular weight is 474 g/mol. The fraction of sp³-hybridized carbons (Fsp3) is 0.414. The van der Waals surface area contributed by atoms with Crippen LogP contribution in [-0.2, 0) is 16.1 Å². The van der Waals surface area contributed by atoms with Gasteiger partial charge < -0.3 is 14.7 Å². The molecule has 2 saturated heterocycles. The predicted octanol–water partition coefficient (Wildman–Crippen LogP) is 4.82. The first-order chi connectivity index (χ1) is 16.9. The van der Waals surface area contributed by atoms with E-state index in [9.17, 15) is 9.90 Å². The molecule has 0 bridgehead atoms. The lowest BCUT2D eigenvalue weighted by Crippen LogP contribution is -2.65. The van der Waals surface area contributed by atoms with Crippen molar-refractivity contribution >= 4 is 5.91 Å². The third-order valence-electron chi connectivity index (χ3n) is 7.31. The number of hydrazine groups is 1. The van der Waals surface area contributed by atoms with E-state index in [1.54, 1.807) is 6.08 Å². The third-order valence-corrected chi connectivity index (χ3v) is 7.31. The highest BCUT2D eigenvalue weighted by Gasteiger charge is 2.50. The molecule has 0 radical (unpaired) electrons. The van der Waals surface area contributed by atoms with Crippen LogP contribution in [0.5, 0.6) is 0 Å². The summed E-state index contributed by atoms with van der Waals surface area (Å²) in [5.74, 6) is 1.32. The first-order valence-electron chi connectivity index (χ1n) is 12.6. The van der Waals surface area contributed by atoms with Gasteiger partial charge in [-0.05, 0) is 48.3 Å². The summed E-state index contributed by atoms with van der Waals surface area (Å²) in [5, 5.41) is 15.1. The van der Waals surface area contributed by atoms with E-state index in [2.05, 4.69) is 43.1 Å². The quantitative estimate of drug-likeness (QED) is 0.652. The van der Waals surface area contributed by atoms with Gasteiger partial charge in [0.1, 0.15) is 18.9 Å². The Morgan fingerprint density at radius 1 is 1.03 bits per heavy atom. The monoisotopic (exact) mass is 473 g/mol. The number of likely N-dealkylation sites (N-methyl/N-ethyl adjacent to an activating group) is 1. The zero-order valence-corrected chi connectivity index (χ0v) is 20.7. The normalized spacial score (nSPS) is 26.7. The lowest BCUT2D eigenvalue weighted by molar-refractivity contribution is -0.181. The molecule has 3 heterocycles. The van der Waals surface area contributed by atoms with Crippen molar-refractivity contribution in [2.45, 2.75) is 58.0 Å². The highest BCUT2D eigenvalue weighted by atomic mass is 16.5. The minimum atomic E-state index is -0.965. The molecule has 0 saturated carbocycles. The van der Waals surface area contributed by atoms with Crippen LogP contribution in [0.15, 0.2) is 84.4 Å². The number of piperidine rings is 1. The van der Waals surface area contributed by atoms with Crippen LogP contribution in [0.25, 0.3) is 0 Å². The molecule has 1 N–H and O–H groups in total. The van der Waals surface area contributed by atoms with Crippen molar-refractivity contribution in [3.05, 3.63) is 95.5 Å². The van der Waals surface area contributed by atoms with E-state index >= 15 is 0 Å². The molecule has 3 aliphatic rings. The van der Waals surface area contributed by atoms with Crippen molar-refractivity contribution in [2.24, 2.45) is 11.8 Å². The van der Waals surface area contributed by atoms with Crippen LogP contribution in [0.3, 0.4) is 0 Å². The Kier molecular flexibility index (Phi) is 6.67. The number of nitrogens with zero attached hydrogens (tertiary/aromatic N) is 3. The molecule has 5 rings (SSSR count). The van der Waals surface area contributed by atoms with E-state index < -0.39 is 6.10 Å². The molecule has 6 heteroatoms. The molecule has 4 unspecified atom stereocenters. The fourth-order valence-corrected chi connectivity index (χ4v) is 5.75. The molecule has 2 aromatic rings. The first kappa shape index (κ1) is 23.6. The Labute approximate surface area is 208 Å². The molecular weight excluding hydrogens is 438 g/mol. The molecule has 3 aliphatic heterocycles. The van der Waals surface area contributed by atoms with Crippen LogP contribution in [0, 0.1) is 11.8 Å². The smallest absolute Gasteiger partial charge is 0.276 e. The number of hydrogen-bond donors (Lipinski definition) is 1. The van der Waals surface area contributed by atoms with Crippen LogP contribution in [0.2, 0.25) is 0 Å². The van der Waals surface area contributed by atoms with Gasteiger partial charge in [-0.3, -0.25) is 9.80 Å². The lowest BCUT2D eigenvalue weighted by atomic mass is 9.81. The highest BCUT2D eigenvalue weighted by Crippen LogP contribution is 2.46. The van der Waals surface area contributed by atoms with Crippen LogP contribution >= 0.6 is 0 Å². The maximum atomic E-state index is 13.7. The summed E-state index contributed by atoms with van der Waals surface area (Å²) in [5.41, 5.74) is 2.62. The van der Waals surface area contributed by atoms with Gasteiger partial charge in [0.2, 0.25) is 0 Å². The van der Waals surface area contributed by atoms with E-state index in [-0.39, 0.29) is 24.7 Å². The van der Waals surface area contributed by atoms with E-state index in [0.717, 1.165) is 24.8 Å². The van der Waals surface area contributed by atoms with E-state index in [1.165, 1.54) is 5.56 Å². The number of rotatable bonds is 6. The number of aliphatic hydroxyl groups is 1. The number of aliphatic hydroxyl groups excluding tert-OH is 1. The molecule has 2 aromatic carbocycles. The molecule has 0 aliphatic carbocycles. The minimum Gasteiger partial charge on any atom is -0.488 e. The number of carbonyl (C=O) groups excluding carboxylic acids is 1. The van der Waals surface area contributed by atoms with Crippen molar-refractivity contribution < 1.29 is 14.6 Å². The summed E-state index contributed by atoms with van der Waals surface area (Å²) in [7, 11) is 1.88. The van der Waals surface area contributed by atoms with E-state index in [0.29, 0.717) is 23.3 Å². The lowest BCUT2D eigenvalue weighted by Gasteiger charge is -2.56. The van der Waals surface area contributed by atoms with Gasteiger partial charge in [0.05, 0.1) is 6.04 Å². The number of hydrogen-bond acceptors (Lipinski definition) is 5. The molecule has 184 valence electrons. The number of ether oxygens (including phenoxy) is 1. The zero-order chi connectivity index (χ0) is 24.5. The number of carbonyl (C=O) groups is 1. The summed E-state index contributed by atoms with van der Waals surface area (Å²) in [6, 6.07) is 20.5. The van der Waals surface area contributed by atoms with E-state index in [1.807, 2.05) is 59.6 Å². The number of amides is 1. The van der Waals surface area contributed by atoms with Crippen molar-refractivity contribution in [3.8, 4) is 0 Å². The molecule has 6 nitrogen and oxygen atoms in total. The highest BCUT2D eigenvalue weighted by molar-refractivity contribution is 5.94. The van der Waals surface area contributed by atoms with Crippen LogP contribution in [-0.4, -0.2) is 45.2 Å². The third kappa shape index (κ3) is 4.60. The van der Waals surface area contributed by atoms with Crippen LogP contribution in [0.1, 0.15) is 50.3 Å². The van der Waals surface area contributed by atoms with Gasteiger partial charge in [0.15, 0.2) is 11.5 Å². The van der Waals surface area contributed by atoms with Gasteiger partial charge in [-0.2, -0.15) is 5.01 Å². The Hall–Kier alpha value is -3.09. The maximum absolute atomic E-state index is 13.7. The van der Waals surface area contributed by atoms with Crippen LogP contribution in [0.4, 0.5) is 0 Å². The topological polar surface area (TPSA) is 56.3 Å². The Morgan fingerprint density at radius 3 is 2.40 bits per heavy atom. The predicted molar refractivity (Wildman–Crippen MR) is 135 cm³/mol. The first-order valence-corrected chi connectivity index (χ1v) is 12.6. The van der Waals surface area contributed by atoms with Crippen molar-refractivity contribution in [3.63, 3.8) is 0 Å². The Morgan fingerprint density at radius 2 is 1.71 bits per heavy atom. The van der Waals surface area contributed by atoms with Gasteiger partial charge in [0, 0.05) is 13.2 Å². The molecular formula is C29H35N3O3. The van der Waals surface area contributed by atoms with Crippen molar-refractivity contribution in [1.82, 2.24) is 14.9 Å². The fourth-order valence-electron chi connectivity index (χ4n) is 5.75. The Bertz CT molecular complexity index is 1100. The molecule has 35 heavy (non-hydrogen) atoms. The van der Waals surface area contributed by atoms with Crippen molar-refractivity contribution in [2.75, 3.05) is 7.05 Å². The summed E-state index contributed by atoms with van der Waals surface area (Å²) in [6.45, 7) is 4.83. The SMILES string of the molecule is CC(C)CC1CC(c2ccccc2)N2C(C1)N(C)C(=O)C1=C(OCc3ccccc3)C(O)C=CN12. The van der Waals surface area contributed by atoms with Crippen LogP contribution < -0.4 is 0 Å². The summed E-state index contributed by atoms with van der Waals surface area (Å²) in [4.78, 5) is 15.6. The number of benzene rings is 2. The van der Waals surface area contributed by atoms with E-state index in [4.69, 9.17) is 4.74 Å². The number of fused-ring (bicyclic) bond motifs is 3. The van der Waals surface area contributed by atoms with Gasteiger partial charge in [-0.15, -0.1) is 0 Å². The average Bonchev–Trinajstić information content (AvgIpc) is 2.87. The largest absolute Gasteiger partial charge is 0.488 e. The van der Waals surface area contributed by atoms with Gasteiger partial charge in [-0.25, -0.2) is 0 Å². The molecule has 0 spiro atoms. The summed E-state index contributed by atoms with van der Waals surface area (Å²) >= 11 is 0. The molecule has 1 amide bonds. The molecule has 0 aromatic heterocycles. The standard InChI is InChI=1S/C29H35N3O3/c1-20(2)16-22-17-24(23-12-8-5-9-13-23)32-26(18-22)30(3)29(34)27-28(25(33)14-15-31(27)32)35-19-21-10-6-4-7-11-21/h4-15,20,22,24-26,33H,16-19H2,1-3H3. The second-order valence-electron chi connectivity index (χ2n) is 10.3. The zero-order valence-electron chi connectivity index (χ0n) is 20.7. The van der Waals surface area contributed by atoms with Crippen molar-refractivity contribution in [1.29, 1.82) is 0 Å². The second-order valence-corrected chi connectivity index (χ2v) is 10.3. The molecule has 2 fully saturated rings. The van der Waals surface area contributed by atoms with Gasteiger partial charge in [0.25, 0.3) is 5.91 Å².